The summed E-state index contributed by atoms with van der Waals surface area (Å²) in [6, 6.07) is 3.50. The highest BCUT2D eigenvalue weighted by Crippen LogP contribution is 2.27. The highest BCUT2D eigenvalue weighted by molar-refractivity contribution is 7.89. The molecule has 0 unspecified atom stereocenters. The van der Waals surface area contributed by atoms with Crippen molar-refractivity contribution in [3.05, 3.63) is 40.7 Å². The van der Waals surface area contributed by atoms with E-state index in [-0.39, 0.29) is 11.4 Å². The Balaban J connectivity index is 2.37. The molecule has 0 spiro atoms. The van der Waals surface area contributed by atoms with Crippen LogP contribution in [0, 0.1) is 20.8 Å². The molecular weight excluding hydrogens is 276 g/mol. The first-order chi connectivity index (χ1) is 9.33. The number of rotatable bonds is 4. The van der Waals surface area contributed by atoms with Gasteiger partial charge in [-0.15, -0.1) is 0 Å². The molecule has 0 saturated carbocycles. The summed E-state index contributed by atoms with van der Waals surface area (Å²) in [4.78, 5) is 0.250. The summed E-state index contributed by atoms with van der Waals surface area (Å²) in [6.07, 6.45) is 1.57. The van der Waals surface area contributed by atoms with Crippen LogP contribution in [0.15, 0.2) is 23.2 Å². The number of aromatic nitrogens is 2. The summed E-state index contributed by atoms with van der Waals surface area (Å²) in [5.41, 5.74) is 9.29. The van der Waals surface area contributed by atoms with Gasteiger partial charge in [0, 0.05) is 11.9 Å². The van der Waals surface area contributed by atoms with E-state index in [0.29, 0.717) is 22.5 Å². The van der Waals surface area contributed by atoms with E-state index < -0.39 is 10.0 Å². The third kappa shape index (κ3) is 2.68. The molecule has 1 heterocycles. The molecule has 1 aromatic carbocycles. The Bertz CT molecular complexity index is 721. The largest absolute Gasteiger partial charge is 0.398 e. The minimum absolute atomic E-state index is 0.162. The number of nitrogen functional groups attached to an aromatic ring is 1. The molecule has 0 saturated heterocycles. The van der Waals surface area contributed by atoms with Crippen LogP contribution in [0.25, 0.3) is 0 Å². The zero-order chi connectivity index (χ0) is 14.9. The summed E-state index contributed by atoms with van der Waals surface area (Å²) in [6.45, 7) is 5.52. The van der Waals surface area contributed by atoms with Crippen LogP contribution in [0.5, 0.6) is 0 Å². The van der Waals surface area contributed by atoms with E-state index in [1.54, 1.807) is 32.2 Å². The second-order valence-electron chi connectivity index (χ2n) is 4.78. The van der Waals surface area contributed by atoms with Gasteiger partial charge in [-0.3, -0.25) is 5.10 Å². The maximum atomic E-state index is 12.4. The first kappa shape index (κ1) is 14.5. The monoisotopic (exact) mass is 294 g/mol. The molecule has 0 atom stereocenters. The van der Waals surface area contributed by atoms with E-state index in [1.807, 2.05) is 6.92 Å². The first-order valence-corrected chi connectivity index (χ1v) is 7.65. The minimum atomic E-state index is -3.61. The van der Waals surface area contributed by atoms with Gasteiger partial charge in [-0.2, -0.15) is 5.10 Å². The third-order valence-corrected chi connectivity index (χ3v) is 4.93. The fourth-order valence-corrected chi connectivity index (χ4v) is 3.71. The Labute approximate surface area is 118 Å². The molecule has 2 aromatic rings. The van der Waals surface area contributed by atoms with Crippen molar-refractivity contribution >= 4 is 15.7 Å². The number of nitrogens with zero attached hydrogens (tertiary/aromatic N) is 1. The van der Waals surface area contributed by atoms with Gasteiger partial charge >= 0.3 is 0 Å². The molecule has 20 heavy (non-hydrogen) atoms. The van der Waals surface area contributed by atoms with E-state index >= 15 is 0 Å². The van der Waals surface area contributed by atoms with Gasteiger partial charge < -0.3 is 5.73 Å². The van der Waals surface area contributed by atoms with Crippen molar-refractivity contribution in [2.24, 2.45) is 0 Å². The van der Waals surface area contributed by atoms with Crippen molar-refractivity contribution in [1.29, 1.82) is 0 Å². The third-order valence-electron chi connectivity index (χ3n) is 3.24. The smallest absolute Gasteiger partial charge is 0.241 e. The number of aromatic amines is 1. The van der Waals surface area contributed by atoms with Crippen molar-refractivity contribution in [3.8, 4) is 0 Å². The van der Waals surface area contributed by atoms with Gasteiger partial charge in [0.15, 0.2) is 0 Å². The van der Waals surface area contributed by atoms with Crippen LogP contribution in [0.2, 0.25) is 0 Å². The summed E-state index contributed by atoms with van der Waals surface area (Å²) in [7, 11) is -3.61. The van der Waals surface area contributed by atoms with Crippen LogP contribution in [0.4, 0.5) is 5.69 Å². The fraction of sp³-hybridized carbons (Fsp3) is 0.308. The van der Waals surface area contributed by atoms with Crippen LogP contribution in [-0.2, 0) is 16.6 Å². The quantitative estimate of drug-likeness (QED) is 0.742. The lowest BCUT2D eigenvalue weighted by Gasteiger charge is -2.15. The Morgan fingerprint density at radius 2 is 2.00 bits per heavy atom. The number of aryl methyl sites for hydroxylation is 2. The predicted octanol–water partition coefficient (Wildman–Crippen LogP) is 1.40. The molecule has 0 radical (unpaired) electrons. The second kappa shape index (κ2) is 5.26. The molecule has 0 aliphatic rings. The van der Waals surface area contributed by atoms with Crippen molar-refractivity contribution in [2.75, 3.05) is 5.73 Å². The van der Waals surface area contributed by atoms with Crippen LogP contribution in [0.1, 0.15) is 22.4 Å². The van der Waals surface area contributed by atoms with E-state index in [9.17, 15) is 8.42 Å². The normalized spacial score (nSPS) is 11.8. The molecule has 7 heteroatoms. The first-order valence-electron chi connectivity index (χ1n) is 6.17. The number of benzene rings is 1. The lowest BCUT2D eigenvalue weighted by molar-refractivity contribution is 0.579. The lowest BCUT2D eigenvalue weighted by Crippen LogP contribution is -2.25. The van der Waals surface area contributed by atoms with Crippen LogP contribution >= 0.6 is 0 Å². The van der Waals surface area contributed by atoms with Crippen LogP contribution in [0.3, 0.4) is 0 Å². The van der Waals surface area contributed by atoms with Gasteiger partial charge in [0.05, 0.1) is 17.1 Å². The van der Waals surface area contributed by atoms with Gasteiger partial charge in [-0.05, 0) is 43.5 Å². The van der Waals surface area contributed by atoms with Crippen LogP contribution < -0.4 is 10.5 Å². The summed E-state index contributed by atoms with van der Waals surface area (Å²) in [5.74, 6) is 0. The fourth-order valence-electron chi connectivity index (χ4n) is 2.22. The molecule has 0 aliphatic heterocycles. The van der Waals surface area contributed by atoms with E-state index in [1.165, 1.54) is 0 Å². The molecule has 6 nitrogen and oxygen atoms in total. The number of nitrogens with one attached hydrogen (secondary N) is 2. The summed E-state index contributed by atoms with van der Waals surface area (Å²) in [5, 5.41) is 6.49. The number of anilines is 1. The zero-order valence-electron chi connectivity index (χ0n) is 11.7. The van der Waals surface area contributed by atoms with Crippen LogP contribution in [-0.4, -0.2) is 18.6 Å². The van der Waals surface area contributed by atoms with E-state index in [4.69, 9.17) is 5.73 Å². The Kier molecular flexibility index (Phi) is 3.82. The SMILES string of the molecule is Cc1cc(C)c(S(=O)(=O)NCc2ccn[nH]2)c(C)c1N. The molecular formula is C13H18N4O2S. The standard InChI is InChI=1S/C13H18N4O2S/c1-8-6-9(2)13(10(3)12(8)14)20(18,19)16-7-11-4-5-15-17-11/h4-6,16H,7,14H2,1-3H3,(H,15,17). The van der Waals surface area contributed by atoms with Crippen molar-refractivity contribution in [3.63, 3.8) is 0 Å². The Morgan fingerprint density at radius 1 is 1.30 bits per heavy atom. The summed E-state index contributed by atoms with van der Waals surface area (Å²) < 4.78 is 27.4. The molecule has 1 aromatic heterocycles. The van der Waals surface area contributed by atoms with Crippen molar-refractivity contribution < 1.29 is 8.42 Å². The molecule has 0 bridgehead atoms. The average Bonchev–Trinajstić information content (AvgIpc) is 2.86. The lowest BCUT2D eigenvalue weighted by atomic mass is 10.1. The maximum Gasteiger partial charge on any atom is 0.241 e. The van der Waals surface area contributed by atoms with Crippen molar-refractivity contribution in [2.45, 2.75) is 32.2 Å². The van der Waals surface area contributed by atoms with Gasteiger partial charge in [0.1, 0.15) is 0 Å². The number of hydrogen-bond donors (Lipinski definition) is 3. The molecule has 0 aliphatic carbocycles. The Hall–Kier alpha value is -1.86. The van der Waals surface area contributed by atoms with Gasteiger partial charge in [-0.1, -0.05) is 6.07 Å². The molecule has 108 valence electrons. The zero-order valence-corrected chi connectivity index (χ0v) is 12.5. The average molecular weight is 294 g/mol. The minimum Gasteiger partial charge on any atom is -0.398 e. The Morgan fingerprint density at radius 3 is 2.60 bits per heavy atom. The molecule has 0 fully saturated rings. The molecule has 0 amide bonds. The van der Waals surface area contributed by atoms with Gasteiger partial charge in [0.2, 0.25) is 10.0 Å². The molecule has 2 rings (SSSR count). The van der Waals surface area contributed by atoms with Gasteiger partial charge in [-0.25, -0.2) is 13.1 Å². The number of H-pyrrole nitrogens is 1. The maximum absolute atomic E-state index is 12.4. The summed E-state index contributed by atoms with van der Waals surface area (Å²) >= 11 is 0. The van der Waals surface area contributed by atoms with Crippen molar-refractivity contribution in [1.82, 2.24) is 14.9 Å². The van der Waals surface area contributed by atoms with E-state index in [0.717, 1.165) is 5.56 Å². The predicted molar refractivity (Wildman–Crippen MR) is 77.7 cm³/mol. The highest BCUT2D eigenvalue weighted by atomic mass is 32.2. The number of hydrogen-bond acceptors (Lipinski definition) is 4. The topological polar surface area (TPSA) is 101 Å². The highest BCUT2D eigenvalue weighted by Gasteiger charge is 2.21. The number of sulfonamides is 1. The second-order valence-corrected chi connectivity index (χ2v) is 6.49. The van der Waals surface area contributed by atoms with Gasteiger partial charge in [0.25, 0.3) is 0 Å². The number of nitrogens with two attached hydrogens (primary N) is 1. The van der Waals surface area contributed by atoms with E-state index in [2.05, 4.69) is 14.9 Å². The molecule has 4 N–H and O–H groups in total.